The summed E-state index contributed by atoms with van der Waals surface area (Å²) < 4.78 is 42.9. The highest BCUT2D eigenvalue weighted by atomic mass is 35.5. The van der Waals surface area contributed by atoms with Gasteiger partial charge in [0.05, 0.1) is 23.2 Å². The lowest BCUT2D eigenvalue weighted by atomic mass is 9.80. The van der Waals surface area contributed by atoms with E-state index in [9.17, 15) is 9.59 Å². The standard InChI is InChI=1S/C27H24ClF2N3O5/c1-31-25(36)16-13-32-26(37-10-9-34)24(30)22(16)21-15-12-27(14-5-3-2-4-6-14,19-7-8-20(35)33-19)38-18(15)11-17(29)23(21)28/h2-6,11,13,19,34H,7-10,12H2,1H3,(H,31,36)(H,33,35)/t19-,27-/m0/s1. The molecule has 3 aromatic rings. The fraction of sp³-hybridized carbons (Fsp3) is 0.296. The number of nitrogens with one attached hydrogen (secondary N) is 2. The molecular weight excluding hydrogens is 520 g/mol. The molecule has 1 aromatic heterocycles. The summed E-state index contributed by atoms with van der Waals surface area (Å²) in [7, 11) is 1.37. The lowest BCUT2D eigenvalue weighted by molar-refractivity contribution is -0.120. The molecule has 2 aliphatic rings. The summed E-state index contributed by atoms with van der Waals surface area (Å²) in [6.07, 6.45) is 1.98. The second-order valence-electron chi connectivity index (χ2n) is 9.03. The number of rotatable bonds is 7. The van der Waals surface area contributed by atoms with E-state index < -0.39 is 46.7 Å². The van der Waals surface area contributed by atoms with Gasteiger partial charge in [0.2, 0.25) is 5.91 Å². The second-order valence-corrected chi connectivity index (χ2v) is 9.41. The Labute approximate surface area is 221 Å². The monoisotopic (exact) mass is 543 g/mol. The molecule has 2 amide bonds. The van der Waals surface area contributed by atoms with E-state index in [-0.39, 0.29) is 41.4 Å². The third-order valence-corrected chi connectivity index (χ3v) is 7.25. The van der Waals surface area contributed by atoms with Gasteiger partial charge >= 0.3 is 0 Å². The van der Waals surface area contributed by atoms with Crippen molar-refractivity contribution in [3.8, 4) is 22.8 Å². The summed E-state index contributed by atoms with van der Waals surface area (Å²) >= 11 is 6.48. The fourth-order valence-electron chi connectivity index (χ4n) is 5.17. The van der Waals surface area contributed by atoms with Gasteiger partial charge in [-0.25, -0.2) is 13.8 Å². The number of nitrogens with zero attached hydrogens (tertiary/aromatic N) is 1. The molecular formula is C27H24ClF2N3O5. The summed E-state index contributed by atoms with van der Waals surface area (Å²) in [5, 5.41) is 14.1. The lowest BCUT2D eigenvalue weighted by Gasteiger charge is -2.35. The number of aromatic nitrogens is 1. The molecule has 1 saturated heterocycles. The van der Waals surface area contributed by atoms with Gasteiger partial charge in [-0.1, -0.05) is 41.9 Å². The SMILES string of the molecule is CNC(=O)c1cnc(OCCO)c(F)c1-c1c(Cl)c(F)cc2c1C[C@](c1ccccc1)([C@@H]1CCC(=O)N1)O2. The van der Waals surface area contributed by atoms with Crippen LogP contribution in [0.5, 0.6) is 11.6 Å². The predicted molar refractivity (Wildman–Crippen MR) is 134 cm³/mol. The first-order valence-electron chi connectivity index (χ1n) is 12.0. The van der Waals surface area contributed by atoms with Gasteiger partial charge in [0, 0.05) is 48.8 Å². The number of benzene rings is 2. The highest BCUT2D eigenvalue weighted by Crippen LogP contribution is 2.52. The van der Waals surface area contributed by atoms with Crippen molar-refractivity contribution in [1.82, 2.24) is 15.6 Å². The quantitative estimate of drug-likeness (QED) is 0.421. The van der Waals surface area contributed by atoms with Crippen molar-refractivity contribution in [1.29, 1.82) is 0 Å². The zero-order valence-electron chi connectivity index (χ0n) is 20.3. The van der Waals surface area contributed by atoms with Crippen molar-refractivity contribution >= 4 is 23.4 Å². The highest BCUT2D eigenvalue weighted by molar-refractivity contribution is 6.34. The van der Waals surface area contributed by atoms with E-state index in [4.69, 9.17) is 26.2 Å². The highest BCUT2D eigenvalue weighted by Gasteiger charge is 2.51. The molecule has 198 valence electrons. The van der Waals surface area contributed by atoms with Crippen molar-refractivity contribution < 1.29 is 33.0 Å². The van der Waals surface area contributed by atoms with E-state index in [0.29, 0.717) is 18.4 Å². The number of aliphatic hydroxyl groups is 1. The zero-order chi connectivity index (χ0) is 27.0. The number of ether oxygens (including phenoxy) is 2. The van der Waals surface area contributed by atoms with Crippen LogP contribution in [0.15, 0.2) is 42.6 Å². The molecule has 0 aliphatic carbocycles. The zero-order valence-corrected chi connectivity index (χ0v) is 21.1. The van der Waals surface area contributed by atoms with Crippen LogP contribution in [0, 0.1) is 11.6 Å². The molecule has 0 saturated carbocycles. The van der Waals surface area contributed by atoms with Crippen molar-refractivity contribution in [2.24, 2.45) is 0 Å². The molecule has 2 atom stereocenters. The number of carbonyl (C=O) groups excluding carboxylic acids is 2. The van der Waals surface area contributed by atoms with Gasteiger partial charge in [-0.05, 0) is 12.0 Å². The maximum atomic E-state index is 16.0. The topological polar surface area (TPSA) is 110 Å². The van der Waals surface area contributed by atoms with Crippen LogP contribution in [-0.4, -0.2) is 48.2 Å². The molecule has 2 aliphatic heterocycles. The number of hydrogen-bond acceptors (Lipinski definition) is 6. The third-order valence-electron chi connectivity index (χ3n) is 6.88. The molecule has 0 bridgehead atoms. The summed E-state index contributed by atoms with van der Waals surface area (Å²) in [4.78, 5) is 28.8. The first-order valence-corrected chi connectivity index (χ1v) is 12.4. The van der Waals surface area contributed by atoms with Gasteiger partial charge in [-0.3, -0.25) is 9.59 Å². The Balaban J connectivity index is 1.75. The Hall–Kier alpha value is -3.76. The first-order chi connectivity index (χ1) is 18.3. The van der Waals surface area contributed by atoms with Crippen LogP contribution < -0.4 is 20.1 Å². The summed E-state index contributed by atoms with van der Waals surface area (Å²) in [5.74, 6) is -3.10. The van der Waals surface area contributed by atoms with E-state index in [2.05, 4.69) is 15.6 Å². The van der Waals surface area contributed by atoms with Crippen molar-refractivity contribution in [2.75, 3.05) is 20.3 Å². The van der Waals surface area contributed by atoms with E-state index in [1.165, 1.54) is 7.05 Å². The molecule has 3 heterocycles. The minimum Gasteiger partial charge on any atom is -0.480 e. The summed E-state index contributed by atoms with van der Waals surface area (Å²) in [6.45, 7) is -0.649. The van der Waals surface area contributed by atoms with Gasteiger partial charge in [0.25, 0.3) is 11.8 Å². The van der Waals surface area contributed by atoms with Gasteiger partial charge in [-0.2, -0.15) is 0 Å². The van der Waals surface area contributed by atoms with E-state index in [1.54, 1.807) is 0 Å². The van der Waals surface area contributed by atoms with E-state index in [0.717, 1.165) is 17.8 Å². The van der Waals surface area contributed by atoms with Crippen LogP contribution in [0.3, 0.4) is 0 Å². The predicted octanol–water partition coefficient (Wildman–Crippen LogP) is 3.52. The van der Waals surface area contributed by atoms with Crippen LogP contribution >= 0.6 is 11.6 Å². The summed E-state index contributed by atoms with van der Waals surface area (Å²) in [5.41, 5.74) is -0.604. The molecule has 3 N–H and O–H groups in total. The molecule has 0 radical (unpaired) electrons. The molecule has 38 heavy (non-hydrogen) atoms. The first kappa shape index (κ1) is 25.9. The molecule has 8 nitrogen and oxygen atoms in total. The van der Waals surface area contributed by atoms with E-state index >= 15 is 8.78 Å². The molecule has 2 aromatic carbocycles. The molecule has 5 rings (SSSR count). The molecule has 11 heteroatoms. The van der Waals surface area contributed by atoms with Crippen LogP contribution in [-0.2, 0) is 16.8 Å². The maximum Gasteiger partial charge on any atom is 0.253 e. The van der Waals surface area contributed by atoms with Gasteiger partial charge in [0.1, 0.15) is 18.2 Å². The number of carbonyl (C=O) groups is 2. The van der Waals surface area contributed by atoms with Gasteiger partial charge < -0.3 is 25.2 Å². The largest absolute Gasteiger partial charge is 0.480 e. The Kier molecular flexibility index (Phi) is 6.93. The Morgan fingerprint density at radius 2 is 2.08 bits per heavy atom. The average molecular weight is 544 g/mol. The Bertz CT molecular complexity index is 1420. The van der Waals surface area contributed by atoms with Crippen LogP contribution in [0.25, 0.3) is 11.1 Å². The second kappa shape index (κ2) is 10.2. The molecule has 0 spiro atoms. The molecule has 1 fully saturated rings. The number of hydrogen-bond donors (Lipinski definition) is 3. The van der Waals surface area contributed by atoms with Gasteiger partial charge in [0.15, 0.2) is 11.4 Å². The summed E-state index contributed by atoms with van der Waals surface area (Å²) in [6, 6.07) is 9.85. The number of fused-ring (bicyclic) bond motifs is 1. The third kappa shape index (κ3) is 4.23. The number of amides is 2. The normalized spacial score (nSPS) is 20.0. The maximum absolute atomic E-state index is 16.0. The van der Waals surface area contributed by atoms with Crippen molar-refractivity contribution in [2.45, 2.75) is 30.9 Å². The van der Waals surface area contributed by atoms with Gasteiger partial charge in [-0.15, -0.1) is 0 Å². The Morgan fingerprint density at radius 3 is 2.74 bits per heavy atom. The van der Waals surface area contributed by atoms with Crippen molar-refractivity contribution in [3.63, 3.8) is 0 Å². The fourth-order valence-corrected chi connectivity index (χ4v) is 5.43. The van der Waals surface area contributed by atoms with Crippen molar-refractivity contribution in [3.05, 3.63) is 75.9 Å². The lowest BCUT2D eigenvalue weighted by Crippen LogP contribution is -2.49. The van der Waals surface area contributed by atoms with Crippen LogP contribution in [0.4, 0.5) is 8.78 Å². The van der Waals surface area contributed by atoms with Crippen LogP contribution in [0.1, 0.15) is 34.3 Å². The minimum absolute atomic E-state index is 0.0730. The number of aliphatic hydroxyl groups excluding tert-OH is 1. The molecule has 0 unspecified atom stereocenters. The average Bonchev–Trinajstić information content (AvgIpc) is 3.53. The van der Waals surface area contributed by atoms with E-state index in [1.807, 2.05) is 30.3 Å². The Morgan fingerprint density at radius 1 is 1.32 bits per heavy atom. The number of pyridine rings is 1. The number of halogens is 3. The smallest absolute Gasteiger partial charge is 0.253 e. The minimum atomic E-state index is -1.13. The van der Waals surface area contributed by atoms with Crippen LogP contribution in [0.2, 0.25) is 5.02 Å².